The lowest BCUT2D eigenvalue weighted by molar-refractivity contribution is 1.50. The van der Waals surface area contributed by atoms with Crippen molar-refractivity contribution in [2.24, 2.45) is 0 Å². The van der Waals surface area contributed by atoms with Crippen LogP contribution in [-0.4, -0.2) is 0 Å². The molecule has 0 aliphatic heterocycles. The maximum Gasteiger partial charge on any atom is -0.00990 e. The molecule has 0 saturated carbocycles. The minimum absolute atomic E-state index is 1.31. The molecule has 7 rings (SSSR count). The summed E-state index contributed by atoms with van der Waals surface area (Å²) in [6.45, 7) is 4.00. The summed E-state index contributed by atoms with van der Waals surface area (Å²) in [7, 11) is 0. The van der Waals surface area contributed by atoms with E-state index >= 15 is 0 Å². The minimum atomic E-state index is 1.31. The summed E-state index contributed by atoms with van der Waals surface area (Å²) in [5.41, 5.74) is 0. The molecule has 0 spiro atoms. The van der Waals surface area contributed by atoms with E-state index in [0.29, 0.717) is 0 Å². The highest BCUT2D eigenvalue weighted by Gasteiger charge is 2.06. The fraction of sp³-hybridized carbons (Fsp3) is 0.0588. The zero-order valence-corrected chi connectivity index (χ0v) is 19.7. The summed E-state index contributed by atoms with van der Waals surface area (Å²) >= 11 is 0. The SMILES string of the molecule is CC.c1ccc2c(c1)c1ccccc1c1ccccc21.c1ccc2c(c1)ccc1ccccc12. The first-order valence-corrected chi connectivity index (χ1v) is 12.0. The van der Waals surface area contributed by atoms with Crippen LogP contribution in [0.1, 0.15) is 13.8 Å². The Labute approximate surface area is 201 Å². The first-order valence-electron chi connectivity index (χ1n) is 12.0. The number of rotatable bonds is 0. The Morgan fingerprint density at radius 3 is 0.706 bits per heavy atom. The monoisotopic (exact) mass is 436 g/mol. The van der Waals surface area contributed by atoms with Gasteiger partial charge in [0.05, 0.1) is 0 Å². The Bertz CT molecular complexity index is 1450. The summed E-state index contributed by atoms with van der Waals surface area (Å²) in [6, 6.07) is 47.3. The number of benzene rings is 7. The van der Waals surface area contributed by atoms with Gasteiger partial charge in [0.1, 0.15) is 0 Å². The van der Waals surface area contributed by atoms with E-state index in [1.54, 1.807) is 0 Å². The molecule has 0 saturated heterocycles. The minimum Gasteiger partial charge on any atom is -0.0683 e. The Balaban J connectivity index is 0.000000136. The molecule has 0 heteroatoms. The van der Waals surface area contributed by atoms with Crippen LogP contribution in [0, 0.1) is 0 Å². The number of fused-ring (bicyclic) bond motifs is 9. The van der Waals surface area contributed by atoms with E-state index in [1.165, 1.54) is 53.9 Å². The molecule has 0 amide bonds. The molecule has 7 aromatic rings. The summed E-state index contributed by atoms with van der Waals surface area (Å²) in [5.74, 6) is 0. The van der Waals surface area contributed by atoms with Crippen molar-refractivity contribution in [2.45, 2.75) is 13.8 Å². The lowest BCUT2D eigenvalue weighted by Gasteiger charge is -2.09. The quantitative estimate of drug-likeness (QED) is 0.207. The Morgan fingerprint density at radius 2 is 0.441 bits per heavy atom. The van der Waals surface area contributed by atoms with Crippen LogP contribution >= 0.6 is 0 Å². The summed E-state index contributed by atoms with van der Waals surface area (Å²) in [4.78, 5) is 0. The molecule has 0 aliphatic carbocycles. The molecule has 34 heavy (non-hydrogen) atoms. The fourth-order valence-corrected chi connectivity index (χ4v) is 4.81. The first kappa shape index (κ1) is 21.7. The molecular weight excluding hydrogens is 408 g/mol. The fourth-order valence-electron chi connectivity index (χ4n) is 4.81. The second kappa shape index (κ2) is 9.77. The van der Waals surface area contributed by atoms with Gasteiger partial charge in [-0.05, 0) is 53.9 Å². The average Bonchev–Trinajstić information content (AvgIpc) is 2.95. The van der Waals surface area contributed by atoms with Gasteiger partial charge in [-0.25, -0.2) is 0 Å². The zero-order valence-electron chi connectivity index (χ0n) is 19.7. The standard InChI is InChI=1S/C18H12.C14H10.C2H6/c1-2-8-14-13(7-1)15-9-3-4-11-17(15)18-12-6-5-10-16(14)18;1-3-7-13-11(5-1)9-10-12-6-2-4-8-14(12)13;1-2/h1-12H;1-10H;1-2H3. The van der Waals surface area contributed by atoms with E-state index in [1.807, 2.05) is 13.8 Å². The third kappa shape index (κ3) is 3.89. The van der Waals surface area contributed by atoms with Crippen molar-refractivity contribution < 1.29 is 0 Å². The second-order valence-corrected chi connectivity index (χ2v) is 8.14. The van der Waals surface area contributed by atoms with E-state index < -0.39 is 0 Å². The van der Waals surface area contributed by atoms with Gasteiger partial charge >= 0.3 is 0 Å². The van der Waals surface area contributed by atoms with Crippen LogP contribution in [0.15, 0.2) is 133 Å². The summed E-state index contributed by atoms with van der Waals surface area (Å²) in [5, 5.41) is 13.3. The molecular formula is C34H28. The predicted molar refractivity (Wildman–Crippen MR) is 152 cm³/mol. The molecule has 0 N–H and O–H groups in total. The van der Waals surface area contributed by atoms with Crippen LogP contribution in [0.3, 0.4) is 0 Å². The molecule has 164 valence electrons. The highest BCUT2D eigenvalue weighted by Crippen LogP contribution is 2.34. The molecule has 0 bridgehead atoms. The third-order valence-corrected chi connectivity index (χ3v) is 6.31. The smallest absolute Gasteiger partial charge is 0.00990 e. The normalized spacial score (nSPS) is 10.6. The van der Waals surface area contributed by atoms with Gasteiger partial charge in [0, 0.05) is 0 Å². The van der Waals surface area contributed by atoms with Crippen LogP contribution in [0.25, 0.3) is 53.9 Å². The predicted octanol–water partition coefficient (Wildman–Crippen LogP) is 10.2. The molecule has 0 heterocycles. The van der Waals surface area contributed by atoms with E-state index in [4.69, 9.17) is 0 Å². The van der Waals surface area contributed by atoms with Gasteiger partial charge in [0.2, 0.25) is 0 Å². The van der Waals surface area contributed by atoms with Crippen LogP contribution in [0.5, 0.6) is 0 Å². The largest absolute Gasteiger partial charge is 0.0683 e. The molecule has 0 aromatic heterocycles. The Morgan fingerprint density at radius 1 is 0.235 bits per heavy atom. The van der Waals surface area contributed by atoms with Gasteiger partial charge < -0.3 is 0 Å². The first-order chi connectivity index (χ1) is 16.9. The lowest BCUT2D eigenvalue weighted by Crippen LogP contribution is -1.81. The van der Waals surface area contributed by atoms with Crippen LogP contribution in [-0.2, 0) is 0 Å². The van der Waals surface area contributed by atoms with Gasteiger partial charge in [-0.3, -0.25) is 0 Å². The van der Waals surface area contributed by atoms with Gasteiger partial charge in [0.25, 0.3) is 0 Å². The Hall–Kier alpha value is -4.16. The third-order valence-electron chi connectivity index (χ3n) is 6.31. The molecule has 0 fully saturated rings. The summed E-state index contributed by atoms with van der Waals surface area (Å²) < 4.78 is 0. The van der Waals surface area contributed by atoms with E-state index in [2.05, 4.69) is 133 Å². The van der Waals surface area contributed by atoms with Crippen molar-refractivity contribution in [3.8, 4) is 0 Å². The lowest BCUT2D eigenvalue weighted by atomic mass is 9.95. The van der Waals surface area contributed by atoms with Crippen LogP contribution in [0.2, 0.25) is 0 Å². The molecule has 0 radical (unpaired) electrons. The topological polar surface area (TPSA) is 0 Å². The second-order valence-electron chi connectivity index (χ2n) is 8.14. The highest BCUT2D eigenvalue weighted by atomic mass is 14.1. The van der Waals surface area contributed by atoms with Crippen molar-refractivity contribution in [2.75, 3.05) is 0 Å². The van der Waals surface area contributed by atoms with Crippen molar-refractivity contribution in [1.82, 2.24) is 0 Å². The van der Waals surface area contributed by atoms with Gasteiger partial charge in [-0.15, -0.1) is 0 Å². The summed E-state index contributed by atoms with van der Waals surface area (Å²) in [6.07, 6.45) is 0. The maximum atomic E-state index is 2.21. The number of hydrogen-bond donors (Lipinski definition) is 0. The van der Waals surface area contributed by atoms with Crippen LogP contribution < -0.4 is 0 Å². The van der Waals surface area contributed by atoms with Crippen molar-refractivity contribution in [3.63, 3.8) is 0 Å². The van der Waals surface area contributed by atoms with Crippen molar-refractivity contribution in [3.05, 3.63) is 133 Å². The van der Waals surface area contributed by atoms with Crippen molar-refractivity contribution >= 4 is 53.9 Å². The zero-order chi connectivity index (χ0) is 23.3. The molecule has 0 nitrogen and oxygen atoms in total. The van der Waals surface area contributed by atoms with Crippen molar-refractivity contribution in [1.29, 1.82) is 0 Å². The van der Waals surface area contributed by atoms with Gasteiger partial charge in [0.15, 0.2) is 0 Å². The van der Waals surface area contributed by atoms with Gasteiger partial charge in [-0.1, -0.05) is 147 Å². The van der Waals surface area contributed by atoms with E-state index in [9.17, 15) is 0 Å². The number of hydrogen-bond acceptors (Lipinski definition) is 0. The highest BCUT2D eigenvalue weighted by molar-refractivity contribution is 6.25. The van der Waals surface area contributed by atoms with Crippen LogP contribution in [0.4, 0.5) is 0 Å². The molecule has 7 aromatic carbocycles. The molecule has 0 unspecified atom stereocenters. The molecule has 0 atom stereocenters. The molecule has 0 aliphatic rings. The average molecular weight is 437 g/mol. The van der Waals surface area contributed by atoms with E-state index in [-0.39, 0.29) is 0 Å². The van der Waals surface area contributed by atoms with E-state index in [0.717, 1.165) is 0 Å². The maximum absolute atomic E-state index is 2.21. The van der Waals surface area contributed by atoms with Gasteiger partial charge in [-0.2, -0.15) is 0 Å². The Kier molecular flexibility index (Phi) is 6.23.